The number of rotatable bonds is 2. The molecule has 4 nitrogen and oxygen atoms in total. The molecule has 0 amide bonds. The maximum Gasteiger partial charge on any atom is 0.268 e. The summed E-state index contributed by atoms with van der Waals surface area (Å²) >= 11 is 0. The molecule has 0 saturated carbocycles. The Morgan fingerprint density at radius 3 is 3.12 bits per heavy atom. The van der Waals surface area contributed by atoms with Crippen molar-refractivity contribution < 1.29 is 0 Å². The van der Waals surface area contributed by atoms with Crippen LogP contribution in [0.3, 0.4) is 0 Å². The molecule has 84 valence electrons. The van der Waals surface area contributed by atoms with Crippen LogP contribution in [0.4, 0.5) is 0 Å². The van der Waals surface area contributed by atoms with Gasteiger partial charge in [-0.2, -0.15) is 5.26 Å². The third kappa shape index (κ3) is 1.74. The van der Waals surface area contributed by atoms with Crippen molar-refractivity contribution in [2.24, 2.45) is 0 Å². The molecule has 0 radical (unpaired) electrons. The monoisotopic (exact) mass is 217 g/mol. The summed E-state index contributed by atoms with van der Waals surface area (Å²) in [5.74, 6) is 0. The van der Waals surface area contributed by atoms with Crippen LogP contribution in [0.25, 0.3) is 0 Å². The summed E-state index contributed by atoms with van der Waals surface area (Å²) in [5, 5.41) is 12.2. The summed E-state index contributed by atoms with van der Waals surface area (Å²) in [6, 6.07) is 3.72. The van der Waals surface area contributed by atoms with E-state index in [0.717, 1.165) is 37.2 Å². The van der Waals surface area contributed by atoms with E-state index >= 15 is 0 Å². The number of aromatic nitrogens is 1. The largest absolute Gasteiger partial charge is 0.312 e. The number of nitrogens with zero attached hydrogens (tertiary/aromatic N) is 2. The Morgan fingerprint density at radius 2 is 2.44 bits per heavy atom. The second kappa shape index (κ2) is 4.50. The molecular weight excluding hydrogens is 202 g/mol. The van der Waals surface area contributed by atoms with Gasteiger partial charge in [0, 0.05) is 31.7 Å². The molecule has 2 rings (SSSR count). The number of nitrogens with one attached hydrogen (secondary N) is 1. The van der Waals surface area contributed by atoms with E-state index < -0.39 is 0 Å². The van der Waals surface area contributed by atoms with Crippen LogP contribution in [0.1, 0.15) is 30.2 Å². The lowest BCUT2D eigenvalue weighted by Crippen LogP contribution is -2.34. The zero-order chi connectivity index (χ0) is 11.5. The molecule has 0 aliphatic carbocycles. The van der Waals surface area contributed by atoms with Gasteiger partial charge in [-0.25, -0.2) is 0 Å². The number of nitriles is 1. The van der Waals surface area contributed by atoms with Gasteiger partial charge >= 0.3 is 0 Å². The average Bonchev–Trinajstić information content (AvgIpc) is 2.32. The normalized spacial score (nSPS) is 14.2. The van der Waals surface area contributed by atoms with Gasteiger partial charge in [0.05, 0.1) is 0 Å². The maximum absolute atomic E-state index is 12.0. The minimum Gasteiger partial charge on any atom is -0.312 e. The van der Waals surface area contributed by atoms with Crippen LogP contribution in [0.15, 0.2) is 10.9 Å². The van der Waals surface area contributed by atoms with Crippen molar-refractivity contribution in [1.82, 2.24) is 9.88 Å². The van der Waals surface area contributed by atoms with E-state index in [-0.39, 0.29) is 11.1 Å². The molecule has 1 N–H and O–H groups in total. The molecule has 4 heteroatoms. The quantitative estimate of drug-likeness (QED) is 0.796. The fourth-order valence-electron chi connectivity index (χ4n) is 2.18. The fourth-order valence-corrected chi connectivity index (χ4v) is 2.18. The number of hydrogen-bond donors (Lipinski definition) is 1. The zero-order valence-corrected chi connectivity index (χ0v) is 9.42. The Balaban J connectivity index is 2.63. The first-order valence-electron chi connectivity index (χ1n) is 5.64. The molecule has 0 saturated heterocycles. The van der Waals surface area contributed by atoms with Crippen molar-refractivity contribution in [1.29, 1.82) is 5.26 Å². The standard InChI is InChI=1S/C12H15N3O/c1-2-5-15-11-3-4-14-8-10(11)6-9(7-13)12(15)16/h6,14H,2-5,8H2,1H3. The molecule has 1 aromatic heterocycles. The predicted molar refractivity (Wildman–Crippen MR) is 61.1 cm³/mol. The highest BCUT2D eigenvalue weighted by atomic mass is 16.1. The van der Waals surface area contributed by atoms with Crippen molar-refractivity contribution in [3.8, 4) is 6.07 Å². The van der Waals surface area contributed by atoms with Crippen LogP contribution < -0.4 is 10.9 Å². The van der Waals surface area contributed by atoms with Gasteiger partial charge in [0.2, 0.25) is 0 Å². The molecule has 0 aromatic carbocycles. The molecule has 0 fully saturated rings. The Morgan fingerprint density at radius 1 is 1.62 bits per heavy atom. The highest BCUT2D eigenvalue weighted by Crippen LogP contribution is 2.13. The van der Waals surface area contributed by atoms with Crippen LogP contribution in [0.5, 0.6) is 0 Å². The lowest BCUT2D eigenvalue weighted by Gasteiger charge is -2.21. The minimum atomic E-state index is -0.134. The molecule has 2 heterocycles. The highest BCUT2D eigenvalue weighted by molar-refractivity contribution is 5.35. The molecular formula is C12H15N3O. The van der Waals surface area contributed by atoms with Gasteiger partial charge in [-0.05, 0) is 18.1 Å². The Kier molecular flexibility index (Phi) is 3.07. The van der Waals surface area contributed by atoms with E-state index in [2.05, 4.69) is 5.32 Å². The maximum atomic E-state index is 12.0. The predicted octanol–water partition coefficient (Wildman–Crippen LogP) is 0.776. The lowest BCUT2D eigenvalue weighted by atomic mass is 10.0. The second-order valence-electron chi connectivity index (χ2n) is 4.03. The third-order valence-corrected chi connectivity index (χ3v) is 2.91. The fraction of sp³-hybridized carbons (Fsp3) is 0.500. The molecule has 0 atom stereocenters. The summed E-state index contributed by atoms with van der Waals surface area (Å²) < 4.78 is 1.77. The van der Waals surface area contributed by atoms with E-state index in [1.165, 1.54) is 0 Å². The van der Waals surface area contributed by atoms with Gasteiger partial charge in [0.15, 0.2) is 0 Å². The molecule has 16 heavy (non-hydrogen) atoms. The molecule has 1 aliphatic heterocycles. The molecule has 0 unspecified atom stereocenters. The Labute approximate surface area is 94.5 Å². The van der Waals surface area contributed by atoms with Gasteiger partial charge in [-0.1, -0.05) is 6.92 Å². The molecule has 0 spiro atoms. The first kappa shape index (κ1) is 10.9. The summed E-state index contributed by atoms with van der Waals surface area (Å²) in [4.78, 5) is 12.0. The van der Waals surface area contributed by atoms with E-state index in [1.54, 1.807) is 10.6 Å². The highest BCUT2D eigenvalue weighted by Gasteiger charge is 2.16. The van der Waals surface area contributed by atoms with Crippen molar-refractivity contribution in [2.45, 2.75) is 32.9 Å². The van der Waals surface area contributed by atoms with E-state index in [4.69, 9.17) is 5.26 Å². The van der Waals surface area contributed by atoms with Gasteiger partial charge in [0.25, 0.3) is 5.56 Å². The Bertz CT molecular complexity index is 496. The van der Waals surface area contributed by atoms with Crippen molar-refractivity contribution in [2.75, 3.05) is 6.54 Å². The van der Waals surface area contributed by atoms with Crippen molar-refractivity contribution >= 4 is 0 Å². The topological polar surface area (TPSA) is 57.8 Å². The van der Waals surface area contributed by atoms with Crippen LogP contribution in [0, 0.1) is 11.3 Å². The SMILES string of the molecule is CCCn1c2c(cc(C#N)c1=O)CNCC2. The van der Waals surface area contributed by atoms with Crippen LogP contribution >= 0.6 is 0 Å². The van der Waals surface area contributed by atoms with E-state index in [0.29, 0.717) is 6.54 Å². The van der Waals surface area contributed by atoms with Gasteiger partial charge in [-0.3, -0.25) is 4.79 Å². The van der Waals surface area contributed by atoms with Crippen LogP contribution in [-0.2, 0) is 19.5 Å². The van der Waals surface area contributed by atoms with Crippen molar-refractivity contribution in [3.05, 3.63) is 33.2 Å². The number of pyridine rings is 1. The number of fused-ring (bicyclic) bond motifs is 1. The molecule has 0 bridgehead atoms. The summed E-state index contributed by atoms with van der Waals surface area (Å²) in [7, 11) is 0. The first-order valence-corrected chi connectivity index (χ1v) is 5.64. The van der Waals surface area contributed by atoms with Gasteiger partial charge in [-0.15, -0.1) is 0 Å². The molecule has 1 aliphatic rings. The summed E-state index contributed by atoms with van der Waals surface area (Å²) in [6.07, 6.45) is 1.78. The summed E-state index contributed by atoms with van der Waals surface area (Å²) in [5.41, 5.74) is 2.32. The zero-order valence-electron chi connectivity index (χ0n) is 9.42. The second-order valence-corrected chi connectivity index (χ2v) is 4.03. The number of hydrogen-bond acceptors (Lipinski definition) is 3. The lowest BCUT2D eigenvalue weighted by molar-refractivity contribution is 0.553. The van der Waals surface area contributed by atoms with Gasteiger partial charge in [0.1, 0.15) is 11.6 Å². The first-order chi connectivity index (χ1) is 7.77. The average molecular weight is 217 g/mol. The smallest absolute Gasteiger partial charge is 0.268 e. The van der Waals surface area contributed by atoms with Gasteiger partial charge < -0.3 is 9.88 Å². The molecule has 1 aromatic rings. The minimum absolute atomic E-state index is 0.134. The van der Waals surface area contributed by atoms with Crippen molar-refractivity contribution in [3.63, 3.8) is 0 Å². The van der Waals surface area contributed by atoms with Crippen LogP contribution in [-0.4, -0.2) is 11.1 Å². The summed E-state index contributed by atoms with van der Waals surface area (Å²) in [6.45, 7) is 4.41. The van der Waals surface area contributed by atoms with E-state index in [9.17, 15) is 4.79 Å². The third-order valence-electron chi connectivity index (χ3n) is 2.91. The Hall–Kier alpha value is -1.60. The van der Waals surface area contributed by atoms with E-state index in [1.807, 2.05) is 13.0 Å². The van der Waals surface area contributed by atoms with Crippen LogP contribution in [0.2, 0.25) is 0 Å².